The fraction of sp³-hybridized carbons (Fsp3) is 0.130. The van der Waals surface area contributed by atoms with Crippen molar-refractivity contribution in [3.8, 4) is 0 Å². The van der Waals surface area contributed by atoms with Gasteiger partial charge in [0.25, 0.3) is 0 Å². The van der Waals surface area contributed by atoms with Crippen molar-refractivity contribution in [3.63, 3.8) is 0 Å². The zero-order valence-corrected chi connectivity index (χ0v) is 15.2. The van der Waals surface area contributed by atoms with Crippen LogP contribution in [0.2, 0.25) is 0 Å². The van der Waals surface area contributed by atoms with Gasteiger partial charge in [-0.25, -0.2) is 4.39 Å². The first-order chi connectivity index (χ1) is 13.5. The maximum atomic E-state index is 14.2. The van der Waals surface area contributed by atoms with Crippen LogP contribution in [0.25, 0.3) is 16.8 Å². The molecule has 0 unspecified atom stereocenters. The number of carbonyl (C=O) groups is 1. The Hall–Kier alpha value is -3.47. The Morgan fingerprint density at radius 2 is 1.86 bits per heavy atom. The Labute approximate surface area is 162 Å². The van der Waals surface area contributed by atoms with Gasteiger partial charge in [0.2, 0.25) is 5.91 Å². The van der Waals surface area contributed by atoms with Crippen LogP contribution in [0.15, 0.2) is 60.7 Å². The van der Waals surface area contributed by atoms with E-state index >= 15 is 0 Å². The van der Waals surface area contributed by atoms with Gasteiger partial charge in [0.05, 0.1) is 11.4 Å². The van der Waals surface area contributed by atoms with Crippen LogP contribution in [0.3, 0.4) is 0 Å². The lowest BCUT2D eigenvalue weighted by atomic mass is 10.0. The van der Waals surface area contributed by atoms with Crippen molar-refractivity contribution in [1.82, 2.24) is 0 Å². The van der Waals surface area contributed by atoms with E-state index in [4.69, 9.17) is 11.1 Å². The fourth-order valence-electron chi connectivity index (χ4n) is 3.08. The zero-order chi connectivity index (χ0) is 19.7. The molecule has 1 fully saturated rings. The molecule has 0 spiro atoms. The molecule has 1 aliphatic carbocycles. The van der Waals surface area contributed by atoms with Gasteiger partial charge in [-0.2, -0.15) is 0 Å². The molecule has 0 aromatic heterocycles. The fourth-order valence-corrected chi connectivity index (χ4v) is 3.08. The summed E-state index contributed by atoms with van der Waals surface area (Å²) in [5.74, 6) is -0.818. The lowest BCUT2D eigenvalue weighted by Crippen LogP contribution is -2.15. The molecule has 4 rings (SSSR count). The van der Waals surface area contributed by atoms with Gasteiger partial charge >= 0.3 is 0 Å². The number of allylic oxidation sites excluding steroid dienone is 1. The van der Waals surface area contributed by atoms with E-state index in [1.807, 2.05) is 48.5 Å². The van der Waals surface area contributed by atoms with E-state index < -0.39 is 5.82 Å². The Bertz CT molecular complexity index is 1120. The summed E-state index contributed by atoms with van der Waals surface area (Å²) >= 11 is 0. The molecule has 0 saturated heterocycles. The van der Waals surface area contributed by atoms with Crippen LogP contribution in [0, 0.1) is 17.1 Å². The van der Waals surface area contributed by atoms with Crippen molar-refractivity contribution in [3.05, 3.63) is 77.6 Å². The highest BCUT2D eigenvalue weighted by molar-refractivity contribution is 6.12. The second kappa shape index (κ2) is 7.27. The number of carbonyl (C=O) groups excluding carboxylic acids is 1. The number of anilines is 2. The van der Waals surface area contributed by atoms with E-state index in [1.165, 1.54) is 6.07 Å². The number of halogens is 1. The first kappa shape index (κ1) is 17.9. The SMILES string of the molecule is N=C(/C=C/c1ccc2ccccc2c1)c1cc(NC(=O)C2CC2)c(F)cc1N. The van der Waals surface area contributed by atoms with Crippen LogP contribution in [-0.2, 0) is 4.79 Å². The topological polar surface area (TPSA) is 79.0 Å². The second-order valence-electron chi connectivity index (χ2n) is 7.04. The summed E-state index contributed by atoms with van der Waals surface area (Å²) < 4.78 is 14.2. The van der Waals surface area contributed by atoms with Gasteiger partial charge in [-0.05, 0) is 53.5 Å². The van der Waals surface area contributed by atoms with Crippen molar-refractivity contribution in [2.75, 3.05) is 11.1 Å². The van der Waals surface area contributed by atoms with Gasteiger partial charge in [0, 0.05) is 17.2 Å². The van der Waals surface area contributed by atoms with Gasteiger partial charge in [0.15, 0.2) is 0 Å². The van der Waals surface area contributed by atoms with E-state index in [-0.39, 0.29) is 28.9 Å². The highest BCUT2D eigenvalue weighted by Crippen LogP contribution is 2.31. The highest BCUT2D eigenvalue weighted by Gasteiger charge is 2.30. The molecule has 1 saturated carbocycles. The molecule has 3 aromatic carbocycles. The van der Waals surface area contributed by atoms with E-state index in [2.05, 4.69) is 5.32 Å². The number of hydrogen-bond acceptors (Lipinski definition) is 3. The average molecular weight is 373 g/mol. The van der Waals surface area contributed by atoms with Crippen molar-refractivity contribution < 1.29 is 9.18 Å². The summed E-state index contributed by atoms with van der Waals surface area (Å²) in [6.07, 6.45) is 5.11. The van der Waals surface area contributed by atoms with E-state index in [0.29, 0.717) is 5.56 Å². The molecule has 5 heteroatoms. The Morgan fingerprint density at radius 1 is 1.11 bits per heavy atom. The molecule has 0 heterocycles. The molecule has 0 aliphatic heterocycles. The number of amides is 1. The smallest absolute Gasteiger partial charge is 0.227 e. The lowest BCUT2D eigenvalue weighted by molar-refractivity contribution is -0.117. The van der Waals surface area contributed by atoms with E-state index in [0.717, 1.165) is 35.2 Å². The number of nitrogen functional groups attached to an aromatic ring is 1. The molecule has 4 N–H and O–H groups in total. The molecule has 4 nitrogen and oxygen atoms in total. The van der Waals surface area contributed by atoms with Gasteiger partial charge < -0.3 is 16.5 Å². The number of benzene rings is 3. The van der Waals surface area contributed by atoms with Crippen molar-refractivity contribution in [1.29, 1.82) is 5.41 Å². The molecular weight excluding hydrogens is 353 g/mol. The number of hydrogen-bond donors (Lipinski definition) is 3. The zero-order valence-electron chi connectivity index (χ0n) is 15.2. The van der Waals surface area contributed by atoms with E-state index in [9.17, 15) is 9.18 Å². The van der Waals surface area contributed by atoms with Gasteiger partial charge in [-0.3, -0.25) is 4.79 Å². The predicted molar refractivity (Wildman–Crippen MR) is 112 cm³/mol. The minimum Gasteiger partial charge on any atom is -0.398 e. The quantitative estimate of drug-likeness (QED) is 0.435. The third-order valence-electron chi connectivity index (χ3n) is 4.85. The first-order valence-electron chi connectivity index (χ1n) is 9.17. The predicted octanol–water partition coefficient (Wildman–Crippen LogP) is 4.99. The number of nitrogens with one attached hydrogen (secondary N) is 2. The summed E-state index contributed by atoms with van der Waals surface area (Å²) in [7, 11) is 0. The van der Waals surface area contributed by atoms with Crippen LogP contribution in [0.1, 0.15) is 24.0 Å². The first-order valence-corrected chi connectivity index (χ1v) is 9.17. The Balaban J connectivity index is 1.57. The van der Waals surface area contributed by atoms with Gasteiger partial charge in [0.1, 0.15) is 5.82 Å². The second-order valence-corrected chi connectivity index (χ2v) is 7.04. The summed E-state index contributed by atoms with van der Waals surface area (Å²) in [6, 6.07) is 16.7. The molecule has 0 bridgehead atoms. The Kier molecular flexibility index (Phi) is 4.65. The molecule has 140 valence electrons. The van der Waals surface area contributed by atoms with Crippen LogP contribution in [0.4, 0.5) is 15.8 Å². The highest BCUT2D eigenvalue weighted by atomic mass is 19.1. The standard InChI is InChI=1S/C23H20FN3O/c24-19-13-21(26)18(12-22(19)27-23(28)16-8-9-16)20(25)10-6-14-5-7-15-3-1-2-4-17(15)11-14/h1-7,10-13,16,25H,8-9,26H2,(H,27,28)/b10-6+,25-20?. The number of nitrogens with two attached hydrogens (primary N) is 1. The maximum Gasteiger partial charge on any atom is 0.227 e. The lowest BCUT2D eigenvalue weighted by Gasteiger charge is -2.11. The molecule has 0 radical (unpaired) electrons. The third-order valence-corrected chi connectivity index (χ3v) is 4.85. The van der Waals surface area contributed by atoms with Crippen molar-refractivity contribution in [2.24, 2.45) is 5.92 Å². The van der Waals surface area contributed by atoms with Gasteiger partial charge in [-0.15, -0.1) is 0 Å². The van der Waals surface area contributed by atoms with Crippen LogP contribution in [0.5, 0.6) is 0 Å². The average Bonchev–Trinajstić information content (AvgIpc) is 3.53. The third kappa shape index (κ3) is 3.78. The summed E-state index contributed by atoms with van der Waals surface area (Å²) in [5.41, 5.74) is 7.61. The summed E-state index contributed by atoms with van der Waals surface area (Å²) in [4.78, 5) is 11.9. The molecule has 1 amide bonds. The van der Waals surface area contributed by atoms with Crippen LogP contribution in [-0.4, -0.2) is 11.6 Å². The largest absolute Gasteiger partial charge is 0.398 e. The molecule has 3 aromatic rings. The number of rotatable bonds is 5. The Morgan fingerprint density at radius 3 is 2.61 bits per heavy atom. The molecule has 0 atom stereocenters. The van der Waals surface area contributed by atoms with Crippen molar-refractivity contribution in [2.45, 2.75) is 12.8 Å². The normalized spacial score (nSPS) is 13.8. The minimum atomic E-state index is -0.596. The molecular formula is C23H20FN3O. The van der Waals surface area contributed by atoms with E-state index in [1.54, 1.807) is 6.08 Å². The molecule has 1 aliphatic rings. The minimum absolute atomic E-state index is 0.0346. The van der Waals surface area contributed by atoms with Crippen molar-refractivity contribution >= 4 is 39.8 Å². The van der Waals surface area contributed by atoms with Crippen LogP contribution >= 0.6 is 0 Å². The van der Waals surface area contributed by atoms with Gasteiger partial charge in [-0.1, -0.05) is 42.5 Å². The summed E-state index contributed by atoms with van der Waals surface area (Å²) in [5, 5.41) is 13.2. The maximum absolute atomic E-state index is 14.2. The summed E-state index contributed by atoms with van der Waals surface area (Å²) in [6.45, 7) is 0. The number of fused-ring (bicyclic) bond motifs is 1. The van der Waals surface area contributed by atoms with Crippen LogP contribution < -0.4 is 11.1 Å². The molecule has 28 heavy (non-hydrogen) atoms. The monoisotopic (exact) mass is 373 g/mol.